The van der Waals surface area contributed by atoms with E-state index in [4.69, 9.17) is 0 Å². The van der Waals surface area contributed by atoms with Gasteiger partial charge in [0.05, 0.1) is 36.7 Å². The molecule has 2 aliphatic heterocycles. The number of aryl methyl sites for hydroxylation is 3. The van der Waals surface area contributed by atoms with E-state index in [0.29, 0.717) is 61.3 Å². The third-order valence-electron chi connectivity index (χ3n) is 8.78. The van der Waals surface area contributed by atoms with Gasteiger partial charge in [-0.05, 0) is 47.2 Å². The van der Waals surface area contributed by atoms with E-state index in [2.05, 4.69) is 33.4 Å². The highest BCUT2D eigenvalue weighted by Crippen LogP contribution is 2.38. The van der Waals surface area contributed by atoms with Crippen LogP contribution in [0.2, 0.25) is 0 Å². The number of halogens is 1. The number of aromatic nitrogens is 6. The molecule has 0 saturated heterocycles. The molecule has 0 fully saturated rings. The number of aromatic amines is 1. The summed E-state index contributed by atoms with van der Waals surface area (Å²) in [7, 11) is 1.87. The van der Waals surface area contributed by atoms with Gasteiger partial charge in [0.1, 0.15) is 5.69 Å². The van der Waals surface area contributed by atoms with Crippen molar-refractivity contribution in [2.75, 3.05) is 13.1 Å². The first kappa shape index (κ1) is 27.8. The number of amides is 2. The molecule has 5 heterocycles. The summed E-state index contributed by atoms with van der Waals surface area (Å²) < 4.78 is 20.0. The van der Waals surface area contributed by atoms with Crippen molar-refractivity contribution < 1.29 is 14.0 Å². The molecule has 2 aromatic carbocycles. The summed E-state index contributed by atoms with van der Waals surface area (Å²) in [6.45, 7) is 4.32. The lowest BCUT2D eigenvalue weighted by molar-refractivity contribution is -0.131. The molecule has 2 amide bonds. The molecule has 1 N–H and O–H groups in total. The van der Waals surface area contributed by atoms with E-state index in [1.54, 1.807) is 43.8 Å². The molecule has 10 nitrogen and oxygen atoms in total. The van der Waals surface area contributed by atoms with Crippen LogP contribution in [0.25, 0.3) is 27.6 Å². The number of hydrogen-bond donors (Lipinski definition) is 1. The number of nitrogens with zero attached hydrogens (tertiary/aromatic N) is 7. The van der Waals surface area contributed by atoms with Crippen molar-refractivity contribution in [1.82, 2.24) is 39.6 Å². The summed E-state index contributed by atoms with van der Waals surface area (Å²) in [4.78, 5) is 33.5. The Bertz CT molecular complexity index is 1920. The van der Waals surface area contributed by atoms with E-state index < -0.39 is 5.82 Å². The van der Waals surface area contributed by atoms with Crippen molar-refractivity contribution in [3.8, 4) is 11.1 Å². The summed E-state index contributed by atoms with van der Waals surface area (Å²) in [5.41, 5.74) is 6.83. The zero-order valence-corrected chi connectivity index (χ0v) is 24.8. The average molecular weight is 593 g/mol. The number of benzene rings is 2. The monoisotopic (exact) mass is 592 g/mol. The van der Waals surface area contributed by atoms with Crippen LogP contribution in [0.3, 0.4) is 0 Å². The van der Waals surface area contributed by atoms with Crippen LogP contribution in [0.15, 0.2) is 61.1 Å². The smallest absolute Gasteiger partial charge is 0.270 e. The molecule has 0 saturated carbocycles. The fourth-order valence-corrected chi connectivity index (χ4v) is 6.40. The number of fused-ring (bicyclic) bond motifs is 2. The Morgan fingerprint density at radius 1 is 1.05 bits per heavy atom. The molecule has 0 bridgehead atoms. The van der Waals surface area contributed by atoms with Crippen molar-refractivity contribution in [1.29, 1.82) is 0 Å². The second-order valence-electron chi connectivity index (χ2n) is 11.4. The van der Waals surface area contributed by atoms with Crippen LogP contribution in [0, 0.1) is 5.82 Å². The van der Waals surface area contributed by atoms with Gasteiger partial charge in [0.25, 0.3) is 5.91 Å². The molecular weight excluding hydrogens is 559 g/mol. The highest BCUT2D eigenvalue weighted by Gasteiger charge is 2.30. The summed E-state index contributed by atoms with van der Waals surface area (Å²) in [6.07, 6.45) is 8.83. The first-order valence-corrected chi connectivity index (χ1v) is 14.9. The molecule has 2 aliphatic rings. The highest BCUT2D eigenvalue weighted by molar-refractivity contribution is 6.05. The van der Waals surface area contributed by atoms with Crippen LogP contribution in [-0.2, 0) is 37.9 Å². The maximum atomic E-state index is 16.5. The van der Waals surface area contributed by atoms with Gasteiger partial charge in [-0.3, -0.25) is 19.0 Å². The number of rotatable bonds is 7. The molecule has 224 valence electrons. The molecule has 3 aromatic heterocycles. The molecule has 0 radical (unpaired) electrons. The van der Waals surface area contributed by atoms with Crippen molar-refractivity contribution in [3.63, 3.8) is 0 Å². The van der Waals surface area contributed by atoms with Gasteiger partial charge in [0.15, 0.2) is 5.82 Å². The van der Waals surface area contributed by atoms with Gasteiger partial charge in [-0.15, -0.1) is 5.10 Å². The highest BCUT2D eigenvalue weighted by atomic mass is 19.1. The van der Waals surface area contributed by atoms with Gasteiger partial charge in [0, 0.05) is 55.8 Å². The average Bonchev–Trinajstić information content (AvgIpc) is 3.86. The van der Waals surface area contributed by atoms with E-state index in [9.17, 15) is 9.59 Å². The molecule has 0 aliphatic carbocycles. The normalized spacial score (nSPS) is 14.8. The lowest BCUT2D eigenvalue weighted by atomic mass is 9.90. The largest absolute Gasteiger partial charge is 0.348 e. The summed E-state index contributed by atoms with van der Waals surface area (Å²) in [5.74, 6) is -0.623. The number of carbonyl (C=O) groups excluding carboxylic acids is 2. The number of hydrogen-bond acceptors (Lipinski definition) is 5. The lowest BCUT2D eigenvalue weighted by Crippen LogP contribution is -2.36. The summed E-state index contributed by atoms with van der Waals surface area (Å²) in [6, 6.07) is 11.8. The van der Waals surface area contributed by atoms with Gasteiger partial charge >= 0.3 is 0 Å². The molecule has 0 spiro atoms. The lowest BCUT2D eigenvalue weighted by Gasteiger charge is -2.28. The van der Waals surface area contributed by atoms with Crippen molar-refractivity contribution in [2.45, 2.75) is 45.8 Å². The second-order valence-corrected chi connectivity index (χ2v) is 11.4. The Balaban J connectivity index is 1.25. The van der Waals surface area contributed by atoms with Crippen LogP contribution >= 0.6 is 0 Å². The van der Waals surface area contributed by atoms with Crippen LogP contribution in [0.5, 0.6) is 0 Å². The first-order chi connectivity index (χ1) is 21.4. The van der Waals surface area contributed by atoms with Gasteiger partial charge in [-0.25, -0.2) is 4.39 Å². The van der Waals surface area contributed by atoms with Crippen LogP contribution in [0.1, 0.15) is 52.6 Å². The summed E-state index contributed by atoms with van der Waals surface area (Å²) >= 11 is 0. The topological polar surface area (TPSA) is 105 Å². The second kappa shape index (κ2) is 11.2. The number of carbonyl (C=O) groups is 2. The van der Waals surface area contributed by atoms with Crippen LogP contribution in [0.4, 0.5) is 4.39 Å². The molecule has 0 unspecified atom stereocenters. The van der Waals surface area contributed by atoms with E-state index in [-0.39, 0.29) is 18.2 Å². The molecule has 44 heavy (non-hydrogen) atoms. The van der Waals surface area contributed by atoms with E-state index >= 15 is 4.39 Å². The zero-order chi connectivity index (χ0) is 30.4. The Hall–Kier alpha value is -5.06. The van der Waals surface area contributed by atoms with Gasteiger partial charge in [0.2, 0.25) is 5.91 Å². The zero-order valence-electron chi connectivity index (χ0n) is 24.8. The van der Waals surface area contributed by atoms with E-state index in [0.717, 1.165) is 39.9 Å². The van der Waals surface area contributed by atoms with E-state index in [1.807, 2.05) is 37.4 Å². The van der Waals surface area contributed by atoms with Crippen molar-refractivity contribution >= 4 is 28.3 Å². The molecule has 5 aromatic rings. The predicted molar refractivity (Wildman–Crippen MR) is 164 cm³/mol. The molecular formula is C33H33FN8O2. The molecule has 11 heteroatoms. The fourth-order valence-electron chi connectivity index (χ4n) is 6.40. The minimum atomic E-state index is -0.422. The number of H-pyrrole nitrogens is 1. The quantitative estimate of drug-likeness (QED) is 0.295. The third kappa shape index (κ3) is 4.87. The Labute approximate surface area is 253 Å². The molecule has 7 rings (SSSR count). The standard InChI is InChI=1S/C33H33FN8O2/c1-3-21-7-4-5-9-24(21)26-15-25(22-8-6-12-40(18-22)30(43)10-13-42-14-11-35-38-42)31(34)32-27(26)16-28(37-32)33(44)41-19-23-17-36-39(2)29(23)20-41/h4-5,7-9,11,14-17,37H,3,6,10,12-13,18-20H2,1-2H3. The number of nitrogens with one attached hydrogen (secondary N) is 1. The van der Waals surface area contributed by atoms with Gasteiger partial charge in [-0.1, -0.05) is 42.5 Å². The van der Waals surface area contributed by atoms with Gasteiger partial charge in [-0.2, -0.15) is 5.10 Å². The summed E-state index contributed by atoms with van der Waals surface area (Å²) in [5, 5.41) is 12.7. The first-order valence-electron chi connectivity index (χ1n) is 14.9. The Kier molecular flexibility index (Phi) is 7.07. The maximum absolute atomic E-state index is 16.5. The maximum Gasteiger partial charge on any atom is 0.270 e. The Morgan fingerprint density at radius 2 is 1.91 bits per heavy atom. The van der Waals surface area contributed by atoms with Crippen molar-refractivity contribution in [3.05, 3.63) is 95.0 Å². The van der Waals surface area contributed by atoms with Crippen LogP contribution < -0.4 is 0 Å². The minimum Gasteiger partial charge on any atom is -0.348 e. The van der Waals surface area contributed by atoms with E-state index in [1.165, 1.54) is 0 Å². The third-order valence-corrected chi connectivity index (χ3v) is 8.78. The van der Waals surface area contributed by atoms with Crippen LogP contribution in [-0.4, -0.2) is 64.5 Å². The predicted octanol–water partition coefficient (Wildman–Crippen LogP) is 4.72. The van der Waals surface area contributed by atoms with Crippen molar-refractivity contribution in [2.24, 2.45) is 7.05 Å². The SMILES string of the molecule is CCc1ccccc1-c1cc(C2=CCCN(C(=O)CCn3ccnn3)C2)c(F)c2[nH]c(C(=O)N3Cc4cnn(C)c4C3)cc12. The Morgan fingerprint density at radius 3 is 2.70 bits per heavy atom. The minimum absolute atomic E-state index is 0.0151. The molecule has 0 atom stereocenters. The van der Waals surface area contributed by atoms with Gasteiger partial charge < -0.3 is 14.8 Å². The fraction of sp³-hybridized carbons (Fsp3) is 0.303.